The smallest absolute Gasteiger partial charge is 0.261 e. The summed E-state index contributed by atoms with van der Waals surface area (Å²) in [4.78, 5) is 12.5. The number of hydrogen-bond acceptors (Lipinski definition) is 4. The van der Waals surface area contributed by atoms with E-state index in [4.69, 9.17) is 14.2 Å². The Morgan fingerprint density at radius 1 is 0.929 bits per heavy atom. The minimum absolute atomic E-state index is 0.162. The van der Waals surface area contributed by atoms with Gasteiger partial charge >= 0.3 is 0 Å². The predicted molar refractivity (Wildman–Crippen MR) is 111 cm³/mol. The summed E-state index contributed by atoms with van der Waals surface area (Å²) in [5.41, 5.74) is 2.03. The van der Waals surface area contributed by atoms with E-state index in [9.17, 15) is 4.79 Å². The lowest BCUT2D eigenvalue weighted by molar-refractivity contribution is -0.127. The summed E-state index contributed by atoms with van der Waals surface area (Å²) in [6, 6.07) is 13.5. The van der Waals surface area contributed by atoms with Crippen molar-refractivity contribution in [3.8, 4) is 17.2 Å². The van der Waals surface area contributed by atoms with Crippen molar-refractivity contribution in [2.45, 2.75) is 53.2 Å². The Balaban J connectivity index is 1.99. The fourth-order valence-corrected chi connectivity index (χ4v) is 2.85. The van der Waals surface area contributed by atoms with Crippen LogP contribution >= 0.6 is 0 Å². The van der Waals surface area contributed by atoms with Crippen molar-refractivity contribution in [2.75, 3.05) is 13.2 Å². The zero-order valence-corrected chi connectivity index (χ0v) is 17.5. The van der Waals surface area contributed by atoms with Crippen molar-refractivity contribution in [3.05, 3.63) is 53.6 Å². The lowest BCUT2D eigenvalue weighted by Gasteiger charge is -2.19. The first kappa shape index (κ1) is 21.6. The minimum atomic E-state index is -0.589. The third kappa shape index (κ3) is 5.91. The molecule has 2 aromatic carbocycles. The molecule has 0 fully saturated rings. The maximum Gasteiger partial charge on any atom is 0.261 e. The number of rotatable bonds is 10. The molecule has 1 atom stereocenters. The zero-order chi connectivity index (χ0) is 20.5. The molecule has 0 bridgehead atoms. The van der Waals surface area contributed by atoms with Crippen LogP contribution in [-0.4, -0.2) is 25.2 Å². The monoisotopic (exact) mass is 385 g/mol. The number of carbonyl (C=O) groups is 1. The molecule has 0 saturated heterocycles. The molecule has 1 N–H and O–H groups in total. The Morgan fingerprint density at radius 3 is 2.29 bits per heavy atom. The van der Waals surface area contributed by atoms with Gasteiger partial charge < -0.3 is 19.5 Å². The van der Waals surface area contributed by atoms with E-state index in [1.54, 1.807) is 6.92 Å². The predicted octanol–water partition coefficient (Wildman–Crippen LogP) is 4.69. The van der Waals surface area contributed by atoms with Gasteiger partial charge in [-0.3, -0.25) is 4.79 Å². The van der Waals surface area contributed by atoms with E-state index >= 15 is 0 Å². The van der Waals surface area contributed by atoms with Gasteiger partial charge in [-0.15, -0.1) is 0 Å². The molecule has 0 unspecified atom stereocenters. The second kappa shape index (κ2) is 10.6. The molecule has 28 heavy (non-hydrogen) atoms. The van der Waals surface area contributed by atoms with Crippen LogP contribution in [0.15, 0.2) is 42.5 Å². The molecule has 0 aliphatic rings. The first-order valence-corrected chi connectivity index (χ1v) is 9.88. The van der Waals surface area contributed by atoms with Gasteiger partial charge in [-0.2, -0.15) is 0 Å². The van der Waals surface area contributed by atoms with Gasteiger partial charge in [0.15, 0.2) is 17.6 Å². The highest BCUT2D eigenvalue weighted by molar-refractivity contribution is 5.80. The van der Waals surface area contributed by atoms with Crippen LogP contribution in [0.3, 0.4) is 0 Å². The van der Waals surface area contributed by atoms with Crippen LogP contribution in [0, 0.1) is 0 Å². The molecule has 0 heterocycles. The Bertz CT molecular complexity index is 773. The highest BCUT2D eigenvalue weighted by Gasteiger charge is 2.17. The van der Waals surface area contributed by atoms with E-state index in [1.807, 2.05) is 56.3 Å². The normalized spacial score (nSPS) is 11.8. The Kier molecular flexibility index (Phi) is 8.18. The number of nitrogens with one attached hydrogen (secondary N) is 1. The summed E-state index contributed by atoms with van der Waals surface area (Å²) in [7, 11) is 0. The van der Waals surface area contributed by atoms with E-state index in [0.29, 0.717) is 37.2 Å². The van der Waals surface area contributed by atoms with E-state index in [0.717, 1.165) is 16.9 Å². The highest BCUT2D eigenvalue weighted by atomic mass is 16.5. The first-order chi connectivity index (χ1) is 13.5. The summed E-state index contributed by atoms with van der Waals surface area (Å²) in [5, 5.41) is 2.93. The summed E-state index contributed by atoms with van der Waals surface area (Å²) in [5.74, 6) is 2.31. The maximum absolute atomic E-state index is 12.5. The summed E-state index contributed by atoms with van der Waals surface area (Å²) >= 11 is 0. The van der Waals surface area contributed by atoms with Crippen molar-refractivity contribution in [1.29, 1.82) is 0 Å². The molecule has 0 aromatic heterocycles. The number of ether oxygens (including phenoxy) is 3. The number of para-hydroxylation sites is 1. The molecule has 2 rings (SSSR count). The fourth-order valence-electron chi connectivity index (χ4n) is 2.85. The molecular formula is C23H31NO4. The Hall–Kier alpha value is -2.69. The maximum atomic E-state index is 12.5. The van der Waals surface area contributed by atoms with E-state index < -0.39 is 6.10 Å². The van der Waals surface area contributed by atoms with Crippen LogP contribution in [-0.2, 0) is 11.3 Å². The second-order valence-electron chi connectivity index (χ2n) is 6.82. The van der Waals surface area contributed by atoms with Gasteiger partial charge in [0.25, 0.3) is 5.91 Å². The van der Waals surface area contributed by atoms with Crippen molar-refractivity contribution in [1.82, 2.24) is 5.32 Å². The SMILES string of the molecule is CCOc1ccc(CNC(=O)[C@@H](C)Oc2ccccc2C(C)C)cc1OCC. The number of carbonyl (C=O) groups excluding carboxylic acids is 1. The van der Waals surface area contributed by atoms with Crippen LogP contribution in [0.2, 0.25) is 0 Å². The van der Waals surface area contributed by atoms with Gasteiger partial charge in [-0.05, 0) is 56.0 Å². The van der Waals surface area contributed by atoms with Gasteiger partial charge in [-0.1, -0.05) is 38.1 Å². The number of hydrogen-bond donors (Lipinski definition) is 1. The van der Waals surface area contributed by atoms with E-state index in [-0.39, 0.29) is 5.91 Å². The lowest BCUT2D eigenvalue weighted by atomic mass is 10.0. The standard InChI is InChI=1S/C23H31NO4/c1-6-26-21-13-12-18(14-22(21)27-7-2)15-24-23(25)17(5)28-20-11-9-8-10-19(20)16(3)4/h8-14,16-17H,6-7,15H2,1-5H3,(H,24,25)/t17-/m1/s1. The van der Waals surface area contributed by atoms with Crippen LogP contribution in [0.4, 0.5) is 0 Å². The van der Waals surface area contributed by atoms with Crippen molar-refractivity contribution >= 4 is 5.91 Å². The lowest BCUT2D eigenvalue weighted by Crippen LogP contribution is -2.36. The average molecular weight is 386 g/mol. The molecule has 0 aliphatic carbocycles. The molecule has 2 aromatic rings. The van der Waals surface area contributed by atoms with Crippen molar-refractivity contribution in [2.24, 2.45) is 0 Å². The fraction of sp³-hybridized carbons (Fsp3) is 0.435. The molecule has 152 valence electrons. The molecular weight excluding hydrogens is 354 g/mol. The van der Waals surface area contributed by atoms with E-state index in [1.165, 1.54) is 0 Å². The van der Waals surface area contributed by atoms with Crippen molar-refractivity contribution in [3.63, 3.8) is 0 Å². The van der Waals surface area contributed by atoms with Crippen LogP contribution < -0.4 is 19.5 Å². The summed E-state index contributed by atoms with van der Waals surface area (Å²) < 4.78 is 17.1. The molecule has 0 aliphatic heterocycles. The van der Waals surface area contributed by atoms with Crippen LogP contribution in [0.5, 0.6) is 17.2 Å². The molecule has 0 spiro atoms. The summed E-state index contributed by atoms with van der Waals surface area (Å²) in [6.45, 7) is 11.4. The van der Waals surface area contributed by atoms with Crippen LogP contribution in [0.25, 0.3) is 0 Å². The third-order valence-corrected chi connectivity index (χ3v) is 4.29. The van der Waals surface area contributed by atoms with Crippen molar-refractivity contribution < 1.29 is 19.0 Å². The topological polar surface area (TPSA) is 56.8 Å². The van der Waals surface area contributed by atoms with E-state index in [2.05, 4.69) is 19.2 Å². The summed E-state index contributed by atoms with van der Waals surface area (Å²) in [6.07, 6.45) is -0.589. The quantitative estimate of drug-likeness (QED) is 0.644. The van der Waals surface area contributed by atoms with Gasteiger partial charge in [0.2, 0.25) is 0 Å². The second-order valence-corrected chi connectivity index (χ2v) is 6.82. The Morgan fingerprint density at radius 2 is 1.61 bits per heavy atom. The first-order valence-electron chi connectivity index (χ1n) is 9.88. The molecule has 0 radical (unpaired) electrons. The van der Waals surface area contributed by atoms with Crippen LogP contribution in [0.1, 0.15) is 51.7 Å². The Labute approximate surface area is 168 Å². The minimum Gasteiger partial charge on any atom is -0.490 e. The van der Waals surface area contributed by atoms with Gasteiger partial charge in [0.05, 0.1) is 13.2 Å². The average Bonchev–Trinajstić information content (AvgIpc) is 2.68. The third-order valence-electron chi connectivity index (χ3n) is 4.29. The van der Waals surface area contributed by atoms with Gasteiger partial charge in [0, 0.05) is 6.54 Å². The number of amides is 1. The zero-order valence-electron chi connectivity index (χ0n) is 17.5. The molecule has 1 amide bonds. The largest absolute Gasteiger partial charge is 0.490 e. The van der Waals surface area contributed by atoms with Gasteiger partial charge in [-0.25, -0.2) is 0 Å². The number of benzene rings is 2. The van der Waals surface area contributed by atoms with Gasteiger partial charge in [0.1, 0.15) is 5.75 Å². The molecule has 5 nitrogen and oxygen atoms in total. The molecule has 5 heteroatoms. The molecule has 0 saturated carbocycles. The highest BCUT2D eigenvalue weighted by Crippen LogP contribution is 2.29.